The number of nitrogens with one attached hydrogen (secondary N) is 2. The molecular formula is C26H29N6O6P. The summed E-state index contributed by atoms with van der Waals surface area (Å²) in [5.74, 6) is -0.170. The number of nitrogens with zero attached hydrogens (tertiary/aromatic N) is 3. The number of nitrogen functional groups attached to an aromatic ring is 1. The lowest BCUT2D eigenvalue weighted by Crippen LogP contribution is -2.36. The van der Waals surface area contributed by atoms with Gasteiger partial charge in [0.05, 0.1) is 12.9 Å². The first kappa shape index (κ1) is 26.6. The molecule has 0 bridgehead atoms. The molecule has 0 spiro atoms. The molecule has 0 saturated heterocycles. The van der Waals surface area contributed by atoms with Crippen LogP contribution >= 0.6 is 7.75 Å². The third-order valence-corrected chi connectivity index (χ3v) is 8.08. The fourth-order valence-corrected chi connectivity index (χ4v) is 5.90. The van der Waals surface area contributed by atoms with Crippen LogP contribution in [0.1, 0.15) is 31.4 Å². The minimum atomic E-state index is -3.96. The second-order valence-corrected chi connectivity index (χ2v) is 11.1. The van der Waals surface area contributed by atoms with Crippen molar-refractivity contribution in [2.24, 2.45) is 5.92 Å². The molecule has 13 heteroatoms. The fraction of sp³-hybridized carbons (Fsp3) is 0.308. The first-order chi connectivity index (χ1) is 18.8. The monoisotopic (exact) mass is 552 g/mol. The molecule has 1 aliphatic rings. The number of aromatic nitrogens is 4. The number of benzene rings is 2. The normalized spacial score (nSPS) is 19.1. The molecule has 12 nitrogen and oxygen atoms in total. The lowest BCUT2D eigenvalue weighted by atomic mass is 9.81. The van der Waals surface area contributed by atoms with E-state index in [-0.39, 0.29) is 36.6 Å². The Kier molecular flexibility index (Phi) is 7.78. The maximum atomic E-state index is 13.7. The zero-order valence-corrected chi connectivity index (χ0v) is 22.1. The predicted molar refractivity (Wildman–Crippen MR) is 144 cm³/mol. The zero-order chi connectivity index (χ0) is 27.4. The summed E-state index contributed by atoms with van der Waals surface area (Å²) < 4.78 is 32.5. The van der Waals surface area contributed by atoms with Crippen LogP contribution in [0.4, 0.5) is 5.95 Å². The van der Waals surface area contributed by atoms with Gasteiger partial charge >= 0.3 is 13.7 Å². The average Bonchev–Trinajstić information content (AvgIpc) is 3.31. The van der Waals surface area contributed by atoms with Gasteiger partial charge in [-0.05, 0) is 43.4 Å². The number of carbonyl (C=O) groups excluding carboxylic acids is 1. The molecule has 1 aliphatic carbocycles. The molecule has 2 atom stereocenters. The number of anilines is 1. The second-order valence-electron chi connectivity index (χ2n) is 9.41. The van der Waals surface area contributed by atoms with Crippen molar-refractivity contribution in [1.29, 1.82) is 0 Å². The molecule has 39 heavy (non-hydrogen) atoms. The van der Waals surface area contributed by atoms with Crippen molar-refractivity contribution in [3.8, 4) is 5.75 Å². The zero-order valence-electron chi connectivity index (χ0n) is 21.2. The predicted octanol–water partition coefficient (Wildman–Crippen LogP) is 3.58. The second kappa shape index (κ2) is 11.4. The van der Waals surface area contributed by atoms with Gasteiger partial charge in [0.1, 0.15) is 18.4 Å². The third-order valence-electron chi connectivity index (χ3n) is 6.43. The lowest BCUT2D eigenvalue weighted by Gasteiger charge is -2.36. The van der Waals surface area contributed by atoms with Crippen LogP contribution in [0, 0.1) is 5.92 Å². The molecule has 1 fully saturated rings. The minimum absolute atomic E-state index is 0.0231. The number of hydrogen-bond acceptors (Lipinski definition) is 9. The van der Waals surface area contributed by atoms with E-state index in [1.165, 1.54) is 0 Å². The standard InChI is InChI=1S/C26H29N6O6P/c1-17(25(34)36-14-18-8-4-2-5-9-18)31-39(35,38-21-10-6-3-7-11-21)37-15-19-12-20(13-19)32-16-28-22-23(32)29-26(27)30-24(22)33/h2-11,16-17,19-20H,12-15H2,1H3,(H,31,35)(H3,27,29,30,33)/t17-,19?,20?,39?/m0/s1. The van der Waals surface area contributed by atoms with Gasteiger partial charge < -0.3 is 19.6 Å². The van der Waals surface area contributed by atoms with E-state index in [1.807, 2.05) is 34.9 Å². The van der Waals surface area contributed by atoms with Gasteiger partial charge in [0.15, 0.2) is 11.2 Å². The average molecular weight is 553 g/mol. The number of rotatable bonds is 11. The van der Waals surface area contributed by atoms with E-state index >= 15 is 0 Å². The SMILES string of the molecule is C[C@H](NP(=O)(OCC1CC(n2cnc3c(=O)[nH]c(N)nc32)C1)Oc1ccccc1)C(=O)OCc1ccccc1. The summed E-state index contributed by atoms with van der Waals surface area (Å²) in [6.45, 7) is 1.76. The van der Waals surface area contributed by atoms with Crippen LogP contribution in [0.5, 0.6) is 5.75 Å². The van der Waals surface area contributed by atoms with E-state index in [4.69, 9.17) is 19.5 Å². The van der Waals surface area contributed by atoms with Crippen LogP contribution in [-0.4, -0.2) is 38.1 Å². The number of aromatic amines is 1. The molecule has 1 saturated carbocycles. The van der Waals surface area contributed by atoms with Gasteiger partial charge in [0.2, 0.25) is 5.95 Å². The summed E-state index contributed by atoms with van der Waals surface area (Å²) in [5, 5.41) is 2.72. The molecule has 0 amide bonds. The Labute approximate surface area is 224 Å². The Bertz CT molecular complexity index is 1540. The third kappa shape index (κ3) is 6.36. The van der Waals surface area contributed by atoms with Crippen molar-refractivity contribution >= 4 is 30.8 Å². The van der Waals surface area contributed by atoms with Gasteiger partial charge in [-0.15, -0.1) is 0 Å². The van der Waals surface area contributed by atoms with Crippen molar-refractivity contribution in [3.63, 3.8) is 0 Å². The molecule has 204 valence electrons. The molecule has 2 aromatic heterocycles. The first-order valence-corrected chi connectivity index (χ1v) is 14.0. The Morgan fingerprint density at radius 1 is 1.18 bits per heavy atom. The first-order valence-electron chi connectivity index (χ1n) is 12.5. The highest BCUT2D eigenvalue weighted by Crippen LogP contribution is 2.48. The highest BCUT2D eigenvalue weighted by atomic mass is 31.2. The number of esters is 1. The number of fused-ring (bicyclic) bond motifs is 1. The Hall–Kier alpha value is -3.99. The summed E-state index contributed by atoms with van der Waals surface area (Å²) in [5.41, 5.74) is 6.79. The molecule has 4 aromatic rings. The summed E-state index contributed by atoms with van der Waals surface area (Å²) >= 11 is 0. The highest BCUT2D eigenvalue weighted by molar-refractivity contribution is 7.52. The smallest absolute Gasteiger partial charge is 0.459 e. The molecule has 5 rings (SSSR count). The van der Waals surface area contributed by atoms with Gasteiger partial charge in [-0.25, -0.2) is 9.55 Å². The maximum Gasteiger partial charge on any atom is 0.459 e. The van der Waals surface area contributed by atoms with Crippen molar-refractivity contribution in [3.05, 3.63) is 82.9 Å². The van der Waals surface area contributed by atoms with E-state index < -0.39 is 25.3 Å². The van der Waals surface area contributed by atoms with Crippen LogP contribution in [-0.2, 0) is 25.2 Å². The molecule has 0 aliphatic heterocycles. The Balaban J connectivity index is 1.21. The highest BCUT2D eigenvalue weighted by Gasteiger charge is 2.37. The fourth-order valence-electron chi connectivity index (χ4n) is 4.33. The molecule has 0 radical (unpaired) electrons. The molecule has 4 N–H and O–H groups in total. The number of nitrogens with two attached hydrogens (primary N) is 1. The van der Waals surface area contributed by atoms with Gasteiger partial charge in [-0.2, -0.15) is 10.1 Å². The molecule has 2 aromatic carbocycles. The largest absolute Gasteiger partial charge is 0.460 e. The summed E-state index contributed by atoms with van der Waals surface area (Å²) in [7, 11) is -3.96. The number of imidazole rings is 1. The van der Waals surface area contributed by atoms with Crippen LogP contribution < -0.4 is 20.9 Å². The summed E-state index contributed by atoms with van der Waals surface area (Å²) in [6.07, 6.45) is 2.93. The number of carbonyl (C=O) groups is 1. The van der Waals surface area contributed by atoms with E-state index in [9.17, 15) is 14.2 Å². The quantitative estimate of drug-likeness (QED) is 0.185. The van der Waals surface area contributed by atoms with Crippen molar-refractivity contribution in [2.45, 2.75) is 38.5 Å². The Morgan fingerprint density at radius 2 is 1.87 bits per heavy atom. The van der Waals surface area contributed by atoms with Gasteiger partial charge in [0.25, 0.3) is 5.56 Å². The molecular weight excluding hydrogens is 523 g/mol. The van der Waals surface area contributed by atoms with E-state index in [2.05, 4.69) is 20.0 Å². The van der Waals surface area contributed by atoms with Crippen molar-refractivity contribution < 1.29 is 23.1 Å². The van der Waals surface area contributed by atoms with Crippen LogP contribution in [0.2, 0.25) is 0 Å². The van der Waals surface area contributed by atoms with Gasteiger partial charge in [-0.1, -0.05) is 48.5 Å². The Morgan fingerprint density at radius 3 is 2.59 bits per heavy atom. The summed E-state index contributed by atoms with van der Waals surface area (Å²) in [6, 6.07) is 17.0. The van der Waals surface area contributed by atoms with E-state index in [0.29, 0.717) is 24.2 Å². The summed E-state index contributed by atoms with van der Waals surface area (Å²) in [4.78, 5) is 35.5. The van der Waals surface area contributed by atoms with Gasteiger partial charge in [-0.3, -0.25) is 19.1 Å². The van der Waals surface area contributed by atoms with Crippen molar-refractivity contribution in [2.75, 3.05) is 12.3 Å². The number of para-hydroxylation sites is 1. The number of H-pyrrole nitrogens is 1. The molecule has 2 heterocycles. The van der Waals surface area contributed by atoms with Crippen LogP contribution in [0.15, 0.2) is 71.8 Å². The molecule has 1 unspecified atom stereocenters. The topological polar surface area (TPSA) is 163 Å². The van der Waals surface area contributed by atoms with E-state index in [0.717, 1.165) is 5.56 Å². The van der Waals surface area contributed by atoms with Gasteiger partial charge in [0, 0.05) is 6.04 Å². The van der Waals surface area contributed by atoms with E-state index in [1.54, 1.807) is 43.6 Å². The van der Waals surface area contributed by atoms with Crippen LogP contribution in [0.25, 0.3) is 11.2 Å². The minimum Gasteiger partial charge on any atom is -0.460 e. The lowest BCUT2D eigenvalue weighted by molar-refractivity contribution is -0.146. The number of ether oxygens (including phenoxy) is 1. The van der Waals surface area contributed by atoms with Crippen LogP contribution in [0.3, 0.4) is 0 Å². The number of hydrogen-bond donors (Lipinski definition) is 3. The van der Waals surface area contributed by atoms with Crippen molar-refractivity contribution in [1.82, 2.24) is 24.6 Å². The maximum absolute atomic E-state index is 13.7.